The van der Waals surface area contributed by atoms with E-state index in [2.05, 4.69) is 36.0 Å². The summed E-state index contributed by atoms with van der Waals surface area (Å²) in [5.74, 6) is 2.47. The van der Waals surface area contributed by atoms with Gasteiger partial charge in [-0.15, -0.1) is 24.0 Å². The van der Waals surface area contributed by atoms with E-state index in [0.29, 0.717) is 12.5 Å². The number of nitrogens with zero attached hydrogens (tertiary/aromatic N) is 3. The smallest absolute Gasteiger partial charge is 0.193 e. The lowest BCUT2D eigenvalue weighted by molar-refractivity contribution is 0.281. The van der Waals surface area contributed by atoms with Crippen molar-refractivity contribution in [2.45, 2.75) is 20.3 Å². The summed E-state index contributed by atoms with van der Waals surface area (Å²) in [6.07, 6.45) is 1.25. The van der Waals surface area contributed by atoms with E-state index in [0.717, 1.165) is 42.9 Å². The molecule has 1 aromatic carbocycles. The van der Waals surface area contributed by atoms with Crippen LogP contribution in [0.1, 0.15) is 20.3 Å². The Bertz CT molecular complexity index is 541. The molecule has 1 heterocycles. The first kappa shape index (κ1) is 23.3. The predicted molar refractivity (Wildman–Crippen MR) is 121 cm³/mol. The topological polar surface area (TPSA) is 40.1 Å². The summed E-state index contributed by atoms with van der Waals surface area (Å²) in [6, 6.07) is 7.46. The van der Waals surface area contributed by atoms with Gasteiger partial charge in [0.05, 0.1) is 6.54 Å². The first-order chi connectivity index (χ1) is 12.1. The second-order valence-corrected chi connectivity index (χ2v) is 6.90. The minimum absolute atomic E-state index is 0. The molecule has 7 heteroatoms. The second kappa shape index (κ2) is 12.6. The normalized spacial score (nSPS) is 17.7. The molecule has 0 amide bonds. The van der Waals surface area contributed by atoms with Gasteiger partial charge in [0, 0.05) is 31.7 Å². The first-order valence-electron chi connectivity index (χ1n) is 9.22. The number of ether oxygens (including phenoxy) is 1. The van der Waals surface area contributed by atoms with Crippen molar-refractivity contribution in [2.24, 2.45) is 10.9 Å². The van der Waals surface area contributed by atoms with E-state index in [1.807, 2.05) is 24.3 Å². The second-order valence-electron chi connectivity index (χ2n) is 6.47. The van der Waals surface area contributed by atoms with E-state index in [4.69, 9.17) is 21.3 Å². The minimum Gasteiger partial charge on any atom is -0.492 e. The van der Waals surface area contributed by atoms with Gasteiger partial charge < -0.3 is 19.9 Å². The van der Waals surface area contributed by atoms with Crippen LogP contribution in [-0.2, 0) is 0 Å². The molecule has 1 aliphatic rings. The molecule has 0 bridgehead atoms. The highest BCUT2D eigenvalue weighted by atomic mass is 127. The molecule has 0 saturated carbocycles. The van der Waals surface area contributed by atoms with Gasteiger partial charge in [-0.2, -0.15) is 0 Å². The van der Waals surface area contributed by atoms with Crippen molar-refractivity contribution in [1.29, 1.82) is 0 Å². The molecule has 1 fully saturated rings. The Morgan fingerprint density at radius 1 is 1.35 bits per heavy atom. The van der Waals surface area contributed by atoms with Crippen molar-refractivity contribution in [2.75, 3.05) is 52.9 Å². The van der Waals surface area contributed by atoms with Gasteiger partial charge in [0.25, 0.3) is 0 Å². The molecule has 1 unspecified atom stereocenters. The van der Waals surface area contributed by atoms with E-state index in [1.54, 1.807) is 0 Å². The lowest BCUT2D eigenvalue weighted by atomic mass is 10.1. The molecule has 26 heavy (non-hydrogen) atoms. The fraction of sp³-hybridized carbons (Fsp3) is 0.632. The molecular formula is C19H32ClIN4O. The summed E-state index contributed by atoms with van der Waals surface area (Å²) in [4.78, 5) is 9.46. The van der Waals surface area contributed by atoms with Gasteiger partial charge in [0.2, 0.25) is 0 Å². The number of halogens is 2. The van der Waals surface area contributed by atoms with Gasteiger partial charge in [-0.05, 0) is 56.6 Å². The molecule has 0 radical (unpaired) electrons. The third-order valence-corrected chi connectivity index (χ3v) is 4.77. The van der Waals surface area contributed by atoms with Crippen LogP contribution < -0.4 is 10.1 Å². The summed E-state index contributed by atoms with van der Waals surface area (Å²) in [5, 5.41) is 4.10. The van der Waals surface area contributed by atoms with E-state index in [-0.39, 0.29) is 24.0 Å². The van der Waals surface area contributed by atoms with Gasteiger partial charge in [-0.1, -0.05) is 18.5 Å². The highest BCUT2D eigenvalue weighted by Crippen LogP contribution is 2.16. The Kier molecular flexibility index (Phi) is 11.3. The summed E-state index contributed by atoms with van der Waals surface area (Å²) in [6.45, 7) is 11.0. The van der Waals surface area contributed by atoms with Crippen LogP contribution in [0.3, 0.4) is 0 Å². The molecule has 5 nitrogen and oxygen atoms in total. The van der Waals surface area contributed by atoms with Crippen molar-refractivity contribution in [1.82, 2.24) is 15.1 Å². The van der Waals surface area contributed by atoms with Crippen LogP contribution in [0, 0.1) is 5.92 Å². The lowest BCUT2D eigenvalue weighted by Gasteiger charge is -2.22. The number of likely N-dealkylation sites (N-methyl/N-ethyl adjacent to an activating group) is 1. The highest BCUT2D eigenvalue weighted by molar-refractivity contribution is 14.0. The first-order valence-corrected chi connectivity index (χ1v) is 9.60. The maximum absolute atomic E-state index is 5.89. The van der Waals surface area contributed by atoms with Crippen molar-refractivity contribution in [3.05, 3.63) is 29.3 Å². The van der Waals surface area contributed by atoms with Crippen LogP contribution >= 0.6 is 35.6 Å². The molecule has 1 atom stereocenters. The Morgan fingerprint density at radius 3 is 2.69 bits per heavy atom. The van der Waals surface area contributed by atoms with E-state index < -0.39 is 0 Å². The van der Waals surface area contributed by atoms with Gasteiger partial charge in [-0.25, -0.2) is 0 Å². The fourth-order valence-electron chi connectivity index (χ4n) is 2.97. The average Bonchev–Trinajstić information content (AvgIpc) is 3.08. The molecule has 2 rings (SSSR count). The minimum atomic E-state index is 0. The molecule has 0 aromatic heterocycles. The molecule has 0 spiro atoms. The molecule has 148 valence electrons. The SMILES string of the molecule is CCNC(=NCC1CCN(CC)C1)N(C)CCOc1ccc(Cl)cc1.I. The quantitative estimate of drug-likeness (QED) is 0.341. The van der Waals surface area contributed by atoms with E-state index in [1.165, 1.54) is 19.5 Å². The summed E-state index contributed by atoms with van der Waals surface area (Å²) in [5.41, 5.74) is 0. The highest BCUT2D eigenvalue weighted by Gasteiger charge is 2.21. The van der Waals surface area contributed by atoms with Crippen LogP contribution in [0.25, 0.3) is 0 Å². The molecule has 1 saturated heterocycles. The van der Waals surface area contributed by atoms with Gasteiger partial charge in [-0.3, -0.25) is 4.99 Å². The Morgan fingerprint density at radius 2 is 2.08 bits per heavy atom. The maximum atomic E-state index is 5.89. The monoisotopic (exact) mass is 494 g/mol. The van der Waals surface area contributed by atoms with Gasteiger partial charge in [0.15, 0.2) is 5.96 Å². The summed E-state index contributed by atoms with van der Waals surface area (Å²) in [7, 11) is 2.06. The van der Waals surface area contributed by atoms with Crippen molar-refractivity contribution in [3.63, 3.8) is 0 Å². The number of nitrogens with one attached hydrogen (secondary N) is 1. The zero-order chi connectivity index (χ0) is 18.1. The summed E-state index contributed by atoms with van der Waals surface area (Å²) < 4.78 is 5.78. The Hall–Kier alpha value is -0.730. The van der Waals surface area contributed by atoms with Crippen molar-refractivity contribution in [3.8, 4) is 5.75 Å². The third kappa shape index (κ3) is 7.88. The largest absolute Gasteiger partial charge is 0.492 e. The Labute approximate surface area is 180 Å². The van der Waals surface area contributed by atoms with Gasteiger partial charge in [0.1, 0.15) is 12.4 Å². The maximum Gasteiger partial charge on any atom is 0.193 e. The Balaban J connectivity index is 0.00000338. The molecule has 1 aromatic rings. The van der Waals surface area contributed by atoms with Crippen molar-refractivity contribution < 1.29 is 4.74 Å². The standard InChI is InChI=1S/C19H31ClN4O.HI/c1-4-21-19(22-14-16-10-11-24(5-2)15-16)23(3)12-13-25-18-8-6-17(20)7-9-18;/h6-9,16H,4-5,10-15H2,1-3H3,(H,21,22);1H. The molecular weight excluding hydrogens is 463 g/mol. The number of hydrogen-bond donors (Lipinski definition) is 1. The van der Waals surface area contributed by atoms with E-state index >= 15 is 0 Å². The van der Waals surface area contributed by atoms with Crippen molar-refractivity contribution >= 4 is 41.5 Å². The third-order valence-electron chi connectivity index (χ3n) is 4.52. The molecule has 1 aliphatic heterocycles. The molecule has 1 N–H and O–H groups in total. The number of rotatable bonds is 8. The number of benzene rings is 1. The lowest BCUT2D eigenvalue weighted by Crippen LogP contribution is -2.41. The van der Waals surface area contributed by atoms with Crippen LogP contribution in [0.2, 0.25) is 5.02 Å². The summed E-state index contributed by atoms with van der Waals surface area (Å²) >= 11 is 5.89. The van der Waals surface area contributed by atoms with Crippen LogP contribution in [0.15, 0.2) is 29.3 Å². The van der Waals surface area contributed by atoms with Crippen LogP contribution in [0.4, 0.5) is 0 Å². The van der Waals surface area contributed by atoms with Crippen LogP contribution in [-0.4, -0.2) is 68.7 Å². The average molecular weight is 495 g/mol. The van der Waals surface area contributed by atoms with Crippen LogP contribution in [0.5, 0.6) is 5.75 Å². The number of aliphatic imine (C=N–C) groups is 1. The zero-order valence-electron chi connectivity index (χ0n) is 16.1. The number of guanidine groups is 1. The molecule has 0 aliphatic carbocycles. The van der Waals surface area contributed by atoms with E-state index in [9.17, 15) is 0 Å². The zero-order valence-corrected chi connectivity index (χ0v) is 19.2. The number of likely N-dealkylation sites (tertiary alicyclic amines) is 1. The fourth-order valence-corrected chi connectivity index (χ4v) is 3.10. The van der Waals surface area contributed by atoms with Gasteiger partial charge >= 0.3 is 0 Å². The predicted octanol–water partition coefficient (Wildman–Crippen LogP) is 3.58. The number of hydrogen-bond acceptors (Lipinski definition) is 3.